The quantitative estimate of drug-likeness (QED) is 0.502. The Morgan fingerprint density at radius 1 is 0.917 bits per heavy atom. The van der Waals surface area contributed by atoms with Gasteiger partial charge in [-0.05, 0) is 68.1 Å². The average Bonchev–Trinajstić information content (AvgIpc) is 2.57. The molecule has 0 atom stereocenters. The number of ether oxygens (including phenoxy) is 2. The first-order valence-corrected chi connectivity index (χ1v) is 8.78. The molecule has 0 aliphatic heterocycles. The van der Waals surface area contributed by atoms with E-state index in [-0.39, 0.29) is 4.75 Å². The van der Waals surface area contributed by atoms with Gasteiger partial charge >= 0.3 is 0 Å². The Hall–Kier alpha value is -1.94. The molecule has 0 aromatic heterocycles. The SMILES string of the molecule is COc1ccc(COc2ccc(CC=NSC(C)(C)C)cc2)cc1. The maximum absolute atomic E-state index is 5.81. The van der Waals surface area contributed by atoms with Crippen molar-refractivity contribution in [3.63, 3.8) is 0 Å². The highest BCUT2D eigenvalue weighted by Gasteiger charge is 2.08. The van der Waals surface area contributed by atoms with E-state index < -0.39 is 0 Å². The van der Waals surface area contributed by atoms with Crippen LogP contribution < -0.4 is 9.47 Å². The smallest absolute Gasteiger partial charge is 0.119 e. The van der Waals surface area contributed by atoms with E-state index in [9.17, 15) is 0 Å². The van der Waals surface area contributed by atoms with E-state index in [0.717, 1.165) is 23.5 Å². The van der Waals surface area contributed by atoms with E-state index in [1.54, 1.807) is 19.1 Å². The monoisotopic (exact) mass is 343 g/mol. The normalized spacial score (nSPS) is 11.7. The summed E-state index contributed by atoms with van der Waals surface area (Å²) in [6.45, 7) is 7.02. The minimum absolute atomic E-state index is 0.162. The fourth-order valence-corrected chi connectivity index (χ4v) is 2.41. The molecule has 0 unspecified atom stereocenters. The van der Waals surface area contributed by atoms with Gasteiger partial charge in [0.2, 0.25) is 0 Å². The summed E-state index contributed by atoms with van der Waals surface area (Å²) >= 11 is 1.60. The van der Waals surface area contributed by atoms with Gasteiger partial charge in [0.25, 0.3) is 0 Å². The number of nitrogens with zero attached hydrogens (tertiary/aromatic N) is 1. The fourth-order valence-electron chi connectivity index (χ4n) is 1.95. The van der Waals surface area contributed by atoms with Crippen LogP contribution in [0.1, 0.15) is 31.9 Å². The van der Waals surface area contributed by atoms with Gasteiger partial charge in [-0.3, -0.25) is 0 Å². The lowest BCUT2D eigenvalue weighted by molar-refractivity contribution is 0.306. The Kier molecular flexibility index (Phi) is 6.73. The van der Waals surface area contributed by atoms with Gasteiger partial charge in [-0.25, -0.2) is 4.40 Å². The molecule has 2 aromatic carbocycles. The van der Waals surface area contributed by atoms with Crippen LogP contribution in [0.25, 0.3) is 0 Å². The molecule has 2 rings (SSSR count). The minimum atomic E-state index is 0.162. The zero-order valence-corrected chi connectivity index (χ0v) is 15.6. The summed E-state index contributed by atoms with van der Waals surface area (Å²) in [6, 6.07) is 16.1. The lowest BCUT2D eigenvalue weighted by Crippen LogP contribution is -2.05. The van der Waals surface area contributed by atoms with E-state index in [4.69, 9.17) is 9.47 Å². The maximum Gasteiger partial charge on any atom is 0.119 e. The topological polar surface area (TPSA) is 30.8 Å². The molecule has 4 heteroatoms. The molecule has 0 saturated carbocycles. The van der Waals surface area contributed by atoms with Gasteiger partial charge in [0, 0.05) is 17.4 Å². The predicted octanol–water partition coefficient (Wildman–Crippen LogP) is 5.33. The Morgan fingerprint density at radius 3 is 2.08 bits per heavy atom. The van der Waals surface area contributed by atoms with Crippen molar-refractivity contribution in [3.05, 3.63) is 59.7 Å². The molecule has 0 aliphatic rings. The third-order valence-corrected chi connectivity index (χ3v) is 4.02. The third kappa shape index (κ3) is 6.67. The van der Waals surface area contributed by atoms with Crippen molar-refractivity contribution in [2.75, 3.05) is 7.11 Å². The summed E-state index contributed by atoms with van der Waals surface area (Å²) in [6.07, 6.45) is 2.80. The van der Waals surface area contributed by atoms with Crippen molar-refractivity contribution < 1.29 is 9.47 Å². The maximum atomic E-state index is 5.81. The molecular formula is C20H25NO2S. The molecule has 0 heterocycles. The first-order chi connectivity index (χ1) is 11.5. The molecule has 0 radical (unpaired) electrons. The zero-order chi connectivity index (χ0) is 17.4. The molecule has 0 aliphatic carbocycles. The number of hydrogen-bond donors (Lipinski definition) is 0. The Morgan fingerprint density at radius 2 is 1.50 bits per heavy atom. The number of benzene rings is 2. The van der Waals surface area contributed by atoms with Crippen molar-refractivity contribution in [2.24, 2.45) is 4.40 Å². The van der Waals surface area contributed by atoms with Crippen LogP contribution in [-0.2, 0) is 13.0 Å². The van der Waals surface area contributed by atoms with Gasteiger partial charge in [0.1, 0.15) is 18.1 Å². The van der Waals surface area contributed by atoms with Crippen molar-refractivity contribution in [2.45, 2.75) is 38.5 Å². The van der Waals surface area contributed by atoms with E-state index in [1.807, 2.05) is 42.6 Å². The highest BCUT2D eigenvalue weighted by Crippen LogP contribution is 2.23. The van der Waals surface area contributed by atoms with Crippen LogP contribution in [0, 0.1) is 0 Å². The van der Waals surface area contributed by atoms with Crippen LogP contribution in [0.15, 0.2) is 52.9 Å². The molecule has 0 saturated heterocycles. The highest BCUT2D eigenvalue weighted by molar-refractivity contribution is 7.99. The summed E-state index contributed by atoms with van der Waals surface area (Å²) in [7, 11) is 1.67. The minimum Gasteiger partial charge on any atom is -0.497 e. The van der Waals surface area contributed by atoms with Gasteiger partial charge in [0.15, 0.2) is 0 Å². The fraction of sp³-hybridized carbons (Fsp3) is 0.350. The summed E-state index contributed by atoms with van der Waals surface area (Å²) in [5, 5.41) is 0. The summed E-state index contributed by atoms with van der Waals surface area (Å²) < 4.78 is 15.5. The molecule has 3 nitrogen and oxygen atoms in total. The lowest BCUT2D eigenvalue weighted by Gasteiger charge is -2.12. The van der Waals surface area contributed by atoms with Gasteiger partial charge < -0.3 is 9.47 Å². The number of methoxy groups -OCH3 is 1. The predicted molar refractivity (Wildman–Crippen MR) is 103 cm³/mol. The van der Waals surface area contributed by atoms with E-state index in [0.29, 0.717) is 6.61 Å². The van der Waals surface area contributed by atoms with E-state index in [2.05, 4.69) is 37.3 Å². The Labute approximate surface area is 149 Å². The second-order valence-corrected chi connectivity index (χ2v) is 8.09. The van der Waals surface area contributed by atoms with Crippen molar-refractivity contribution in [1.29, 1.82) is 0 Å². The summed E-state index contributed by atoms with van der Waals surface area (Å²) in [5.74, 6) is 1.73. The molecule has 24 heavy (non-hydrogen) atoms. The molecule has 0 bridgehead atoms. The van der Waals surface area contributed by atoms with Crippen LogP contribution in [0.2, 0.25) is 0 Å². The highest BCUT2D eigenvalue weighted by atomic mass is 32.2. The van der Waals surface area contributed by atoms with Crippen LogP contribution in [-0.4, -0.2) is 18.1 Å². The average molecular weight is 343 g/mol. The van der Waals surface area contributed by atoms with Gasteiger partial charge in [-0.15, -0.1) is 0 Å². The van der Waals surface area contributed by atoms with E-state index in [1.165, 1.54) is 5.56 Å². The molecule has 0 spiro atoms. The van der Waals surface area contributed by atoms with Gasteiger partial charge in [0.05, 0.1) is 7.11 Å². The zero-order valence-electron chi connectivity index (χ0n) is 14.8. The van der Waals surface area contributed by atoms with Crippen LogP contribution in [0.3, 0.4) is 0 Å². The van der Waals surface area contributed by atoms with Crippen molar-refractivity contribution >= 4 is 18.2 Å². The number of hydrogen-bond acceptors (Lipinski definition) is 4. The molecule has 0 fully saturated rings. The first-order valence-electron chi connectivity index (χ1n) is 8.01. The molecular weight excluding hydrogens is 318 g/mol. The van der Waals surface area contributed by atoms with Crippen LogP contribution in [0.4, 0.5) is 0 Å². The van der Waals surface area contributed by atoms with Gasteiger partial charge in [-0.1, -0.05) is 24.3 Å². The third-order valence-electron chi connectivity index (χ3n) is 3.22. The standard InChI is InChI=1S/C20H25NO2S/c1-20(2,3)24-21-14-13-16-5-11-19(12-6-16)23-15-17-7-9-18(22-4)10-8-17/h5-12,14H,13,15H2,1-4H3. The Balaban J connectivity index is 1.81. The van der Waals surface area contributed by atoms with E-state index >= 15 is 0 Å². The molecule has 0 amide bonds. The second-order valence-electron chi connectivity index (χ2n) is 6.48. The van der Waals surface area contributed by atoms with Crippen LogP contribution >= 0.6 is 11.9 Å². The molecule has 128 valence electrons. The van der Waals surface area contributed by atoms with Crippen molar-refractivity contribution in [1.82, 2.24) is 0 Å². The van der Waals surface area contributed by atoms with Crippen molar-refractivity contribution in [3.8, 4) is 11.5 Å². The van der Waals surface area contributed by atoms with Gasteiger partial charge in [-0.2, -0.15) is 0 Å². The second kappa shape index (κ2) is 8.78. The molecule has 2 aromatic rings. The number of rotatable bonds is 7. The summed E-state index contributed by atoms with van der Waals surface area (Å²) in [5.41, 5.74) is 2.34. The summed E-state index contributed by atoms with van der Waals surface area (Å²) in [4.78, 5) is 0. The first kappa shape index (κ1) is 18.4. The lowest BCUT2D eigenvalue weighted by atomic mass is 10.1. The Bertz CT molecular complexity index is 643. The molecule has 0 N–H and O–H groups in total. The van der Waals surface area contributed by atoms with Crippen LogP contribution in [0.5, 0.6) is 11.5 Å². The largest absolute Gasteiger partial charge is 0.497 e.